The molecule has 0 aliphatic carbocycles. The number of hydrogen-bond acceptors (Lipinski definition) is 3. The van der Waals surface area contributed by atoms with Crippen LogP contribution >= 0.6 is 0 Å². The molecular weight excluding hydrogens is 348 g/mol. The van der Waals surface area contributed by atoms with Gasteiger partial charge in [0.05, 0.1) is 32.7 Å². The van der Waals surface area contributed by atoms with Crippen molar-refractivity contribution in [2.24, 2.45) is 0 Å². The first-order valence-corrected chi connectivity index (χ1v) is 10.4. The number of benzene rings is 2. The molecule has 1 amide bonds. The number of carbonyl (C=O) groups is 1. The number of carbonyl (C=O) groups excluding carboxylic acids is 1. The van der Waals surface area contributed by atoms with E-state index in [1.54, 1.807) is 4.90 Å². The predicted octanol–water partition coefficient (Wildman–Crippen LogP) is 2.41. The number of nitrogens with one attached hydrogen (secondary N) is 3. The molecule has 1 atom stereocenters. The van der Waals surface area contributed by atoms with Gasteiger partial charge in [0.2, 0.25) is 5.91 Å². The van der Waals surface area contributed by atoms with E-state index in [-0.39, 0.29) is 11.9 Å². The molecule has 28 heavy (non-hydrogen) atoms. The lowest BCUT2D eigenvalue weighted by atomic mass is 10.1. The van der Waals surface area contributed by atoms with Gasteiger partial charge in [-0.1, -0.05) is 19.1 Å². The largest absolute Gasteiger partial charge is 0.374 e. The molecule has 150 valence electrons. The van der Waals surface area contributed by atoms with Gasteiger partial charge < -0.3 is 20.4 Å². The number of quaternary nitrogens is 1. The Morgan fingerprint density at radius 2 is 1.61 bits per heavy atom. The third-order valence-electron chi connectivity index (χ3n) is 5.61. The van der Waals surface area contributed by atoms with Gasteiger partial charge in [0.15, 0.2) is 0 Å². The summed E-state index contributed by atoms with van der Waals surface area (Å²) < 4.78 is 0. The molecule has 1 aliphatic heterocycles. The van der Waals surface area contributed by atoms with Crippen LogP contribution in [0.2, 0.25) is 0 Å². The monoisotopic (exact) mass is 381 g/mol. The molecule has 1 heterocycles. The minimum Gasteiger partial charge on any atom is -0.374 e. The quantitative estimate of drug-likeness (QED) is 0.690. The number of likely N-dealkylation sites (N-methyl/N-ethyl adjacent to an activating group) is 1. The lowest BCUT2D eigenvalue weighted by Gasteiger charge is -2.33. The van der Waals surface area contributed by atoms with Gasteiger partial charge in [-0.2, -0.15) is 0 Å². The standard InChI is InChI=1S/C23H32N4O/c1-4-19-6-8-21(9-7-19)25-23(28)18(3)24-20-10-12-22(13-11-20)27-16-14-26(5-2)15-17-27/h6-13,18,24H,4-5,14-17H2,1-3H3,(H,25,28)/p+1/t18-/m1/s1. The van der Waals surface area contributed by atoms with E-state index in [2.05, 4.69) is 53.6 Å². The van der Waals surface area contributed by atoms with Gasteiger partial charge in [-0.3, -0.25) is 4.79 Å². The van der Waals surface area contributed by atoms with Crippen molar-refractivity contribution in [1.82, 2.24) is 0 Å². The Morgan fingerprint density at radius 1 is 1.00 bits per heavy atom. The Morgan fingerprint density at radius 3 is 2.18 bits per heavy atom. The fraction of sp³-hybridized carbons (Fsp3) is 0.435. The second-order valence-corrected chi connectivity index (χ2v) is 7.54. The van der Waals surface area contributed by atoms with E-state index >= 15 is 0 Å². The maximum absolute atomic E-state index is 12.5. The number of amides is 1. The summed E-state index contributed by atoms with van der Waals surface area (Å²) in [5, 5.41) is 6.27. The second-order valence-electron chi connectivity index (χ2n) is 7.54. The van der Waals surface area contributed by atoms with Crippen LogP contribution in [0.5, 0.6) is 0 Å². The predicted molar refractivity (Wildman–Crippen MR) is 117 cm³/mol. The summed E-state index contributed by atoms with van der Waals surface area (Å²) in [6, 6.07) is 16.1. The molecule has 5 nitrogen and oxygen atoms in total. The molecule has 2 aromatic carbocycles. The zero-order chi connectivity index (χ0) is 19.9. The summed E-state index contributed by atoms with van der Waals surface area (Å²) >= 11 is 0. The van der Waals surface area contributed by atoms with Crippen LogP contribution in [0.3, 0.4) is 0 Å². The molecule has 1 saturated heterocycles. The normalized spacial score (nSPS) is 15.9. The second kappa shape index (κ2) is 9.60. The van der Waals surface area contributed by atoms with E-state index in [1.807, 2.05) is 31.2 Å². The number of hydrogen-bond donors (Lipinski definition) is 3. The molecular formula is C23H33N4O+. The lowest BCUT2D eigenvalue weighted by Crippen LogP contribution is -3.14. The van der Waals surface area contributed by atoms with E-state index < -0.39 is 0 Å². The van der Waals surface area contributed by atoms with Crippen molar-refractivity contribution in [3.63, 3.8) is 0 Å². The minimum atomic E-state index is -0.312. The van der Waals surface area contributed by atoms with Crippen molar-refractivity contribution in [2.45, 2.75) is 33.2 Å². The average molecular weight is 382 g/mol. The van der Waals surface area contributed by atoms with Crippen molar-refractivity contribution >= 4 is 23.0 Å². The summed E-state index contributed by atoms with van der Waals surface area (Å²) in [6.07, 6.45) is 0.998. The molecule has 0 unspecified atom stereocenters. The first-order chi connectivity index (χ1) is 13.6. The maximum Gasteiger partial charge on any atom is 0.246 e. The molecule has 0 bridgehead atoms. The van der Waals surface area contributed by atoms with Crippen LogP contribution in [0.25, 0.3) is 0 Å². The average Bonchev–Trinajstić information content (AvgIpc) is 2.75. The summed E-state index contributed by atoms with van der Waals surface area (Å²) in [7, 11) is 0. The fourth-order valence-corrected chi connectivity index (χ4v) is 3.59. The molecule has 0 spiro atoms. The Hall–Kier alpha value is -2.53. The Labute approximate surface area is 168 Å². The van der Waals surface area contributed by atoms with Gasteiger partial charge >= 0.3 is 0 Å². The molecule has 1 fully saturated rings. The topological polar surface area (TPSA) is 48.8 Å². The Bertz CT molecular complexity index is 749. The third-order valence-corrected chi connectivity index (χ3v) is 5.61. The molecule has 0 saturated carbocycles. The van der Waals surface area contributed by atoms with Gasteiger partial charge in [-0.15, -0.1) is 0 Å². The summed E-state index contributed by atoms with van der Waals surface area (Å²) in [6.45, 7) is 12.1. The highest BCUT2D eigenvalue weighted by Crippen LogP contribution is 2.19. The van der Waals surface area contributed by atoms with Gasteiger partial charge in [0.1, 0.15) is 6.04 Å². The molecule has 3 N–H and O–H groups in total. The van der Waals surface area contributed by atoms with E-state index in [1.165, 1.54) is 30.9 Å². The Balaban J connectivity index is 1.52. The van der Waals surface area contributed by atoms with Crippen molar-refractivity contribution in [2.75, 3.05) is 48.3 Å². The van der Waals surface area contributed by atoms with Crippen LogP contribution in [0.15, 0.2) is 48.5 Å². The lowest BCUT2D eigenvalue weighted by molar-refractivity contribution is -0.898. The van der Waals surface area contributed by atoms with Crippen LogP contribution in [-0.4, -0.2) is 44.7 Å². The van der Waals surface area contributed by atoms with E-state index in [0.717, 1.165) is 30.9 Å². The van der Waals surface area contributed by atoms with Gasteiger partial charge in [-0.25, -0.2) is 0 Å². The van der Waals surface area contributed by atoms with Crippen LogP contribution in [0.1, 0.15) is 26.3 Å². The van der Waals surface area contributed by atoms with Crippen molar-refractivity contribution in [3.8, 4) is 0 Å². The third kappa shape index (κ3) is 5.26. The van der Waals surface area contributed by atoms with Crippen molar-refractivity contribution in [1.29, 1.82) is 0 Å². The zero-order valence-electron chi connectivity index (χ0n) is 17.3. The number of rotatable bonds is 7. The van der Waals surface area contributed by atoms with Gasteiger partial charge in [0.25, 0.3) is 0 Å². The SMILES string of the molecule is CCc1ccc(NC(=O)[C@@H](C)Nc2ccc(N3CC[NH+](CC)CC3)cc2)cc1. The molecule has 3 rings (SSSR count). The van der Waals surface area contributed by atoms with E-state index in [0.29, 0.717) is 0 Å². The van der Waals surface area contributed by atoms with Crippen molar-refractivity contribution in [3.05, 3.63) is 54.1 Å². The highest BCUT2D eigenvalue weighted by Gasteiger charge is 2.19. The number of nitrogens with zero attached hydrogens (tertiary/aromatic N) is 1. The first-order valence-electron chi connectivity index (χ1n) is 10.4. The zero-order valence-corrected chi connectivity index (χ0v) is 17.3. The fourth-order valence-electron chi connectivity index (χ4n) is 3.59. The summed E-state index contributed by atoms with van der Waals surface area (Å²) in [5.41, 5.74) is 4.32. The smallest absolute Gasteiger partial charge is 0.246 e. The van der Waals surface area contributed by atoms with Crippen LogP contribution in [0, 0.1) is 0 Å². The first kappa shape index (κ1) is 20.2. The van der Waals surface area contributed by atoms with Crippen LogP contribution in [0.4, 0.5) is 17.1 Å². The van der Waals surface area contributed by atoms with Crippen LogP contribution < -0.4 is 20.4 Å². The Kier molecular flexibility index (Phi) is 6.93. The minimum absolute atomic E-state index is 0.0352. The highest BCUT2D eigenvalue weighted by molar-refractivity contribution is 5.96. The number of anilines is 3. The van der Waals surface area contributed by atoms with E-state index in [9.17, 15) is 4.79 Å². The summed E-state index contributed by atoms with van der Waals surface area (Å²) in [4.78, 5) is 16.6. The summed E-state index contributed by atoms with van der Waals surface area (Å²) in [5.74, 6) is -0.0352. The maximum atomic E-state index is 12.5. The molecule has 0 radical (unpaired) electrons. The molecule has 5 heteroatoms. The van der Waals surface area contributed by atoms with Gasteiger partial charge in [0, 0.05) is 17.1 Å². The van der Waals surface area contributed by atoms with Crippen molar-refractivity contribution < 1.29 is 9.69 Å². The number of piperazine rings is 1. The molecule has 0 aromatic heterocycles. The van der Waals surface area contributed by atoms with Gasteiger partial charge in [-0.05, 0) is 62.2 Å². The van der Waals surface area contributed by atoms with Crippen LogP contribution in [-0.2, 0) is 11.2 Å². The molecule has 1 aliphatic rings. The highest BCUT2D eigenvalue weighted by atomic mass is 16.2. The number of aryl methyl sites for hydroxylation is 1. The molecule has 2 aromatic rings. The van der Waals surface area contributed by atoms with E-state index in [4.69, 9.17) is 0 Å².